The SMILES string of the molecule is C=C(/C=C(\C=C(c1ccccc1)c1ccccc1)C(O)c1ccccc1)c1ccccc1. The van der Waals surface area contributed by atoms with Crippen LogP contribution in [-0.4, -0.2) is 5.11 Å². The summed E-state index contributed by atoms with van der Waals surface area (Å²) in [4.78, 5) is 0. The van der Waals surface area contributed by atoms with Gasteiger partial charge in [-0.3, -0.25) is 0 Å². The Morgan fingerprint density at radius 2 is 0.969 bits per heavy atom. The molecule has 0 spiro atoms. The molecule has 0 aliphatic heterocycles. The molecule has 1 nitrogen and oxygen atoms in total. The van der Waals surface area contributed by atoms with Gasteiger partial charge < -0.3 is 5.11 Å². The molecule has 0 saturated heterocycles. The van der Waals surface area contributed by atoms with Gasteiger partial charge >= 0.3 is 0 Å². The van der Waals surface area contributed by atoms with Gasteiger partial charge in [-0.05, 0) is 51.1 Å². The molecule has 4 rings (SSSR count). The second kappa shape index (κ2) is 10.4. The highest BCUT2D eigenvalue weighted by molar-refractivity contribution is 5.83. The Kier molecular flexibility index (Phi) is 6.91. The average Bonchev–Trinajstić information content (AvgIpc) is 2.88. The first kappa shape index (κ1) is 21.3. The summed E-state index contributed by atoms with van der Waals surface area (Å²) in [6.45, 7) is 4.28. The molecule has 32 heavy (non-hydrogen) atoms. The Morgan fingerprint density at radius 1 is 0.562 bits per heavy atom. The first-order valence-electron chi connectivity index (χ1n) is 10.7. The normalized spacial score (nSPS) is 12.1. The van der Waals surface area contributed by atoms with E-state index in [1.807, 2.05) is 103 Å². The summed E-state index contributed by atoms with van der Waals surface area (Å²) in [7, 11) is 0. The van der Waals surface area contributed by atoms with E-state index in [1.54, 1.807) is 0 Å². The van der Waals surface area contributed by atoms with Crippen LogP contribution in [0, 0.1) is 0 Å². The number of hydrogen-bond donors (Lipinski definition) is 1. The van der Waals surface area contributed by atoms with Crippen LogP contribution in [0.25, 0.3) is 11.1 Å². The van der Waals surface area contributed by atoms with Crippen molar-refractivity contribution in [2.45, 2.75) is 6.10 Å². The summed E-state index contributed by atoms with van der Waals surface area (Å²) in [5, 5.41) is 11.4. The largest absolute Gasteiger partial charge is 0.384 e. The van der Waals surface area contributed by atoms with Gasteiger partial charge in [0.05, 0.1) is 0 Å². The smallest absolute Gasteiger partial charge is 0.104 e. The van der Waals surface area contributed by atoms with Crippen molar-refractivity contribution >= 4 is 11.1 Å². The van der Waals surface area contributed by atoms with E-state index < -0.39 is 6.10 Å². The quantitative estimate of drug-likeness (QED) is 0.311. The molecule has 0 heterocycles. The molecule has 0 aromatic heterocycles. The second-order valence-corrected chi connectivity index (χ2v) is 7.64. The molecule has 0 fully saturated rings. The molecule has 0 bridgehead atoms. The van der Waals surface area contributed by atoms with E-state index in [4.69, 9.17) is 0 Å². The molecule has 1 N–H and O–H groups in total. The molecule has 0 aliphatic carbocycles. The van der Waals surface area contributed by atoms with Crippen molar-refractivity contribution in [3.8, 4) is 0 Å². The van der Waals surface area contributed by atoms with Crippen molar-refractivity contribution in [2.75, 3.05) is 0 Å². The number of rotatable bonds is 7. The van der Waals surface area contributed by atoms with Gasteiger partial charge in [-0.2, -0.15) is 0 Å². The molecule has 1 unspecified atom stereocenters. The molecule has 4 aromatic carbocycles. The summed E-state index contributed by atoms with van der Waals surface area (Å²) < 4.78 is 0. The van der Waals surface area contributed by atoms with Gasteiger partial charge in [-0.15, -0.1) is 0 Å². The molecule has 156 valence electrons. The first-order chi connectivity index (χ1) is 15.7. The average molecular weight is 415 g/mol. The lowest BCUT2D eigenvalue weighted by atomic mass is 9.91. The van der Waals surface area contributed by atoms with Crippen LogP contribution in [0.1, 0.15) is 28.4 Å². The van der Waals surface area contributed by atoms with E-state index in [9.17, 15) is 5.11 Å². The van der Waals surface area contributed by atoms with Gasteiger partial charge in [0.15, 0.2) is 0 Å². The maximum absolute atomic E-state index is 11.4. The fraction of sp³-hybridized carbons (Fsp3) is 0.0323. The molecule has 4 aromatic rings. The van der Waals surface area contributed by atoms with Gasteiger partial charge in [0.2, 0.25) is 0 Å². The fourth-order valence-corrected chi connectivity index (χ4v) is 3.70. The van der Waals surface area contributed by atoms with Gasteiger partial charge in [-0.1, -0.05) is 128 Å². The third-order valence-electron chi connectivity index (χ3n) is 5.40. The Labute approximate surface area is 190 Å². The van der Waals surface area contributed by atoms with Crippen LogP contribution in [0.2, 0.25) is 0 Å². The van der Waals surface area contributed by atoms with Gasteiger partial charge in [-0.25, -0.2) is 0 Å². The zero-order valence-electron chi connectivity index (χ0n) is 17.9. The van der Waals surface area contributed by atoms with E-state index in [-0.39, 0.29) is 0 Å². The number of allylic oxidation sites excluding steroid dienone is 2. The predicted molar refractivity (Wildman–Crippen MR) is 135 cm³/mol. The Morgan fingerprint density at radius 3 is 1.44 bits per heavy atom. The van der Waals surface area contributed by atoms with Crippen LogP contribution >= 0.6 is 0 Å². The number of aliphatic hydroxyl groups is 1. The fourth-order valence-electron chi connectivity index (χ4n) is 3.70. The first-order valence-corrected chi connectivity index (χ1v) is 10.7. The number of aliphatic hydroxyl groups excluding tert-OH is 1. The lowest BCUT2D eigenvalue weighted by Gasteiger charge is -2.17. The van der Waals surface area contributed by atoms with Crippen molar-refractivity contribution in [1.82, 2.24) is 0 Å². The predicted octanol–water partition coefficient (Wildman–Crippen LogP) is 7.49. The summed E-state index contributed by atoms with van der Waals surface area (Å²) in [6, 6.07) is 40.3. The highest BCUT2D eigenvalue weighted by atomic mass is 16.3. The minimum Gasteiger partial charge on any atom is -0.384 e. The lowest BCUT2D eigenvalue weighted by molar-refractivity contribution is 0.220. The minimum atomic E-state index is -0.779. The maximum atomic E-state index is 11.4. The zero-order chi connectivity index (χ0) is 22.2. The molecular formula is C31H26O. The van der Waals surface area contributed by atoms with Crippen LogP contribution in [0.3, 0.4) is 0 Å². The Balaban J connectivity index is 1.86. The number of benzene rings is 4. The molecule has 0 aliphatic rings. The van der Waals surface area contributed by atoms with Crippen LogP contribution in [-0.2, 0) is 0 Å². The van der Waals surface area contributed by atoms with E-state index in [0.717, 1.165) is 39.0 Å². The summed E-state index contributed by atoms with van der Waals surface area (Å²) in [5.74, 6) is 0. The number of hydrogen-bond acceptors (Lipinski definition) is 1. The third-order valence-corrected chi connectivity index (χ3v) is 5.40. The van der Waals surface area contributed by atoms with E-state index in [0.29, 0.717) is 0 Å². The zero-order valence-corrected chi connectivity index (χ0v) is 17.9. The Bertz CT molecular complexity index is 1160. The van der Waals surface area contributed by atoms with E-state index >= 15 is 0 Å². The van der Waals surface area contributed by atoms with Gasteiger partial charge in [0.1, 0.15) is 6.10 Å². The van der Waals surface area contributed by atoms with Crippen molar-refractivity contribution in [3.05, 3.63) is 168 Å². The summed E-state index contributed by atoms with van der Waals surface area (Å²) in [6.07, 6.45) is 3.29. The van der Waals surface area contributed by atoms with Crippen molar-refractivity contribution < 1.29 is 5.11 Å². The van der Waals surface area contributed by atoms with Crippen LogP contribution in [0.15, 0.2) is 146 Å². The van der Waals surface area contributed by atoms with Crippen molar-refractivity contribution in [2.24, 2.45) is 0 Å². The monoisotopic (exact) mass is 414 g/mol. The third kappa shape index (κ3) is 5.21. The lowest BCUT2D eigenvalue weighted by Crippen LogP contribution is -2.02. The maximum Gasteiger partial charge on any atom is 0.104 e. The molecule has 1 heteroatoms. The van der Waals surface area contributed by atoms with Crippen LogP contribution < -0.4 is 0 Å². The highest BCUT2D eigenvalue weighted by Gasteiger charge is 2.15. The molecule has 0 amide bonds. The molecule has 0 radical (unpaired) electrons. The van der Waals surface area contributed by atoms with E-state index in [2.05, 4.69) is 36.9 Å². The Hall–Kier alpha value is -3.94. The van der Waals surface area contributed by atoms with Crippen molar-refractivity contribution in [3.63, 3.8) is 0 Å². The minimum absolute atomic E-state index is 0.779. The van der Waals surface area contributed by atoms with Gasteiger partial charge in [0.25, 0.3) is 0 Å². The molecular weight excluding hydrogens is 388 g/mol. The topological polar surface area (TPSA) is 20.2 Å². The summed E-state index contributed by atoms with van der Waals surface area (Å²) >= 11 is 0. The standard InChI is InChI=1S/C31H26O/c1-24(25-14-6-2-7-15-25)22-29(31(32)28-20-12-5-13-21-28)23-30(26-16-8-3-9-17-26)27-18-10-4-11-19-27/h2-23,31-32H,1H2/b29-22+. The van der Waals surface area contributed by atoms with Crippen molar-refractivity contribution in [1.29, 1.82) is 0 Å². The highest BCUT2D eigenvalue weighted by Crippen LogP contribution is 2.31. The summed E-state index contributed by atoms with van der Waals surface area (Å²) in [5.41, 5.74) is 6.75. The molecule has 1 atom stereocenters. The molecule has 0 saturated carbocycles. The van der Waals surface area contributed by atoms with Gasteiger partial charge in [0, 0.05) is 0 Å². The van der Waals surface area contributed by atoms with Crippen LogP contribution in [0.4, 0.5) is 0 Å². The second-order valence-electron chi connectivity index (χ2n) is 7.64. The van der Waals surface area contributed by atoms with Crippen LogP contribution in [0.5, 0.6) is 0 Å². The van der Waals surface area contributed by atoms with E-state index in [1.165, 1.54) is 0 Å².